The number of carbonyl (C=O) groups excluding carboxylic acids is 1. The van der Waals surface area contributed by atoms with Crippen LogP contribution in [0.15, 0.2) is 14.1 Å². The minimum atomic E-state index is -0.655. The number of hydrogen-bond acceptors (Lipinski definition) is 6. The highest BCUT2D eigenvalue weighted by Gasteiger charge is 2.23. The number of hydrogen-bond donors (Lipinski definition) is 2. The lowest BCUT2D eigenvalue weighted by Gasteiger charge is -2.23. The number of rotatable bonds is 8. The summed E-state index contributed by atoms with van der Waals surface area (Å²) in [6, 6.07) is 0. The van der Waals surface area contributed by atoms with E-state index in [1.165, 1.54) is 9.47 Å². The maximum Gasteiger partial charge on any atom is 0.330 e. The highest BCUT2D eigenvalue weighted by molar-refractivity contribution is 5.95. The normalized spacial score (nSPS) is 11.0. The summed E-state index contributed by atoms with van der Waals surface area (Å²) in [5.74, 6) is 0.439. The first-order chi connectivity index (χ1) is 12.8. The molecule has 0 aliphatic carbocycles. The van der Waals surface area contributed by atoms with Gasteiger partial charge in [0.15, 0.2) is 5.69 Å². The predicted octanol–water partition coefficient (Wildman–Crippen LogP) is 1.51. The van der Waals surface area contributed by atoms with Crippen LogP contribution in [0.5, 0.6) is 0 Å². The SMILES string of the molecule is CCCCn1c(N)c(N(CC)C(=O)CCc2c(C)noc2C)c(=O)[nH]c1=O. The lowest BCUT2D eigenvalue weighted by Crippen LogP contribution is -2.41. The molecule has 2 aromatic rings. The van der Waals surface area contributed by atoms with E-state index in [9.17, 15) is 14.4 Å². The fourth-order valence-electron chi connectivity index (χ4n) is 3.06. The lowest BCUT2D eigenvalue weighted by molar-refractivity contribution is -0.118. The number of aryl methyl sites for hydroxylation is 2. The van der Waals surface area contributed by atoms with Gasteiger partial charge in [0.25, 0.3) is 5.56 Å². The average molecular weight is 377 g/mol. The van der Waals surface area contributed by atoms with E-state index >= 15 is 0 Å². The van der Waals surface area contributed by atoms with Crippen LogP contribution in [0.4, 0.5) is 11.5 Å². The summed E-state index contributed by atoms with van der Waals surface area (Å²) >= 11 is 0. The smallest absolute Gasteiger partial charge is 0.330 e. The molecule has 0 saturated heterocycles. The van der Waals surface area contributed by atoms with Gasteiger partial charge < -0.3 is 15.2 Å². The number of nitrogens with two attached hydrogens (primary N) is 1. The second kappa shape index (κ2) is 8.70. The van der Waals surface area contributed by atoms with Crippen LogP contribution in [0, 0.1) is 13.8 Å². The molecule has 2 heterocycles. The van der Waals surface area contributed by atoms with Gasteiger partial charge in [0, 0.05) is 25.1 Å². The number of nitrogens with zero attached hydrogens (tertiary/aromatic N) is 3. The Balaban J connectivity index is 2.32. The van der Waals surface area contributed by atoms with Gasteiger partial charge >= 0.3 is 5.69 Å². The Morgan fingerprint density at radius 2 is 2.00 bits per heavy atom. The zero-order valence-electron chi connectivity index (χ0n) is 16.3. The third-order valence-electron chi connectivity index (χ3n) is 4.61. The van der Waals surface area contributed by atoms with Crippen LogP contribution < -0.4 is 21.9 Å². The zero-order chi connectivity index (χ0) is 20.1. The molecule has 148 valence electrons. The molecule has 0 fully saturated rings. The van der Waals surface area contributed by atoms with Crippen molar-refractivity contribution < 1.29 is 9.32 Å². The Hall–Kier alpha value is -2.84. The van der Waals surface area contributed by atoms with Crippen molar-refractivity contribution in [3.63, 3.8) is 0 Å². The minimum Gasteiger partial charge on any atom is -0.383 e. The Morgan fingerprint density at radius 1 is 1.30 bits per heavy atom. The standard InChI is InChI=1S/C18H27N5O4/c1-5-7-10-23-16(19)15(17(25)20-18(23)26)22(6-2)14(24)9-8-13-11(3)21-27-12(13)4/h5-10,19H2,1-4H3,(H,20,25,26). The average Bonchev–Trinajstić information content (AvgIpc) is 2.94. The molecule has 3 N–H and O–H groups in total. The quantitative estimate of drug-likeness (QED) is 0.718. The maximum atomic E-state index is 12.8. The molecule has 0 aliphatic rings. The van der Waals surface area contributed by atoms with Crippen LogP contribution in [0.25, 0.3) is 0 Å². The van der Waals surface area contributed by atoms with Crippen LogP contribution in [-0.4, -0.2) is 27.2 Å². The molecule has 9 heteroatoms. The predicted molar refractivity (Wildman–Crippen MR) is 103 cm³/mol. The van der Waals surface area contributed by atoms with Gasteiger partial charge in [0.05, 0.1) is 5.69 Å². The summed E-state index contributed by atoms with van der Waals surface area (Å²) in [5.41, 5.74) is 6.54. The zero-order valence-corrected chi connectivity index (χ0v) is 16.3. The monoisotopic (exact) mass is 377 g/mol. The highest BCUT2D eigenvalue weighted by Crippen LogP contribution is 2.20. The van der Waals surface area contributed by atoms with Crippen LogP contribution in [0.1, 0.15) is 50.1 Å². The molecular weight excluding hydrogens is 350 g/mol. The molecule has 0 radical (unpaired) electrons. The first-order valence-corrected chi connectivity index (χ1v) is 9.16. The minimum absolute atomic E-state index is 0.0183. The van der Waals surface area contributed by atoms with Gasteiger partial charge in [-0.15, -0.1) is 0 Å². The van der Waals surface area contributed by atoms with E-state index < -0.39 is 11.2 Å². The van der Waals surface area contributed by atoms with Gasteiger partial charge in [-0.3, -0.25) is 19.1 Å². The van der Waals surface area contributed by atoms with Crippen molar-refractivity contribution >= 4 is 17.4 Å². The van der Waals surface area contributed by atoms with Gasteiger partial charge in [-0.25, -0.2) is 4.79 Å². The molecule has 0 aliphatic heterocycles. The fraction of sp³-hybridized carbons (Fsp3) is 0.556. The largest absolute Gasteiger partial charge is 0.383 e. The topological polar surface area (TPSA) is 127 Å². The van der Waals surface area contributed by atoms with Gasteiger partial charge in [0.1, 0.15) is 11.6 Å². The molecule has 9 nitrogen and oxygen atoms in total. The molecule has 2 rings (SSSR count). The van der Waals surface area contributed by atoms with Crippen molar-refractivity contribution in [2.75, 3.05) is 17.2 Å². The number of carbonyl (C=O) groups is 1. The second-order valence-electron chi connectivity index (χ2n) is 6.44. The number of amides is 1. The molecule has 0 aromatic carbocycles. The van der Waals surface area contributed by atoms with Gasteiger partial charge in [0.2, 0.25) is 5.91 Å². The van der Waals surface area contributed by atoms with Crippen molar-refractivity contribution in [2.24, 2.45) is 0 Å². The highest BCUT2D eigenvalue weighted by atomic mass is 16.5. The Kier molecular flexibility index (Phi) is 6.59. The Labute approximate surface area is 157 Å². The lowest BCUT2D eigenvalue weighted by atomic mass is 10.1. The fourth-order valence-corrected chi connectivity index (χ4v) is 3.06. The van der Waals surface area contributed by atoms with E-state index in [0.717, 1.165) is 24.1 Å². The number of nitrogens with one attached hydrogen (secondary N) is 1. The van der Waals surface area contributed by atoms with E-state index in [-0.39, 0.29) is 30.4 Å². The second-order valence-corrected chi connectivity index (χ2v) is 6.44. The Morgan fingerprint density at radius 3 is 2.56 bits per heavy atom. The number of H-pyrrole nitrogens is 1. The van der Waals surface area contributed by atoms with Crippen LogP contribution in [0.3, 0.4) is 0 Å². The van der Waals surface area contributed by atoms with Crippen LogP contribution in [0.2, 0.25) is 0 Å². The molecule has 0 spiro atoms. The summed E-state index contributed by atoms with van der Waals surface area (Å²) in [6.07, 6.45) is 2.23. The van der Waals surface area contributed by atoms with Crippen LogP contribution >= 0.6 is 0 Å². The third-order valence-corrected chi connectivity index (χ3v) is 4.61. The van der Waals surface area contributed by atoms with Gasteiger partial charge in [-0.1, -0.05) is 18.5 Å². The van der Waals surface area contributed by atoms with E-state index in [2.05, 4.69) is 10.1 Å². The molecule has 2 aromatic heterocycles. The third kappa shape index (κ3) is 4.29. The van der Waals surface area contributed by atoms with Crippen molar-refractivity contribution in [2.45, 2.75) is 59.9 Å². The molecule has 27 heavy (non-hydrogen) atoms. The molecular formula is C18H27N5O4. The Bertz CT molecular complexity index is 905. The summed E-state index contributed by atoms with van der Waals surface area (Å²) in [7, 11) is 0. The number of unbranched alkanes of at least 4 members (excludes halogenated alkanes) is 1. The molecule has 0 atom stereocenters. The number of anilines is 2. The van der Waals surface area contributed by atoms with Crippen molar-refractivity contribution in [3.05, 3.63) is 37.9 Å². The molecule has 0 unspecified atom stereocenters. The number of aromatic amines is 1. The van der Waals surface area contributed by atoms with Gasteiger partial charge in [-0.05, 0) is 33.6 Å². The summed E-state index contributed by atoms with van der Waals surface area (Å²) in [4.78, 5) is 40.8. The van der Waals surface area contributed by atoms with E-state index in [4.69, 9.17) is 10.3 Å². The summed E-state index contributed by atoms with van der Waals surface area (Å²) in [5, 5.41) is 3.88. The van der Waals surface area contributed by atoms with Crippen molar-refractivity contribution in [3.8, 4) is 0 Å². The number of nitrogen functional groups attached to an aromatic ring is 1. The molecule has 1 amide bonds. The van der Waals surface area contributed by atoms with E-state index in [1.54, 1.807) is 13.8 Å². The van der Waals surface area contributed by atoms with Crippen LogP contribution in [-0.2, 0) is 17.8 Å². The first-order valence-electron chi connectivity index (χ1n) is 9.16. The van der Waals surface area contributed by atoms with Gasteiger partial charge in [-0.2, -0.15) is 0 Å². The first kappa shape index (κ1) is 20.5. The summed E-state index contributed by atoms with van der Waals surface area (Å²) in [6.45, 7) is 8.01. The molecule has 0 saturated carbocycles. The van der Waals surface area contributed by atoms with E-state index in [0.29, 0.717) is 18.7 Å². The van der Waals surface area contributed by atoms with Crippen molar-refractivity contribution in [1.29, 1.82) is 0 Å². The number of aromatic nitrogens is 3. The maximum absolute atomic E-state index is 12.8. The van der Waals surface area contributed by atoms with E-state index in [1.807, 2.05) is 13.8 Å². The molecule has 0 bridgehead atoms. The van der Waals surface area contributed by atoms with Crippen molar-refractivity contribution in [1.82, 2.24) is 14.7 Å². The summed E-state index contributed by atoms with van der Waals surface area (Å²) < 4.78 is 6.43.